The number of halogens is 2. The van der Waals surface area contributed by atoms with Crippen LogP contribution < -0.4 is 0 Å². The monoisotopic (exact) mass is 238 g/mol. The Labute approximate surface area is 97.6 Å². The number of alkyl halides is 2. The highest BCUT2D eigenvalue weighted by molar-refractivity contribution is 5.30. The first-order chi connectivity index (χ1) is 8.04. The number of aromatic nitrogens is 2. The van der Waals surface area contributed by atoms with Gasteiger partial charge in [-0.1, -0.05) is 18.2 Å². The second-order valence-electron chi connectivity index (χ2n) is 3.73. The van der Waals surface area contributed by atoms with Gasteiger partial charge in [-0.05, 0) is 12.1 Å². The highest BCUT2D eigenvalue weighted by Crippen LogP contribution is 2.16. The van der Waals surface area contributed by atoms with E-state index in [0.717, 1.165) is 5.69 Å². The van der Waals surface area contributed by atoms with Gasteiger partial charge in [0.15, 0.2) is 0 Å². The van der Waals surface area contributed by atoms with Crippen molar-refractivity contribution >= 4 is 0 Å². The van der Waals surface area contributed by atoms with Crippen molar-refractivity contribution < 1.29 is 13.5 Å². The normalized spacial score (nSPS) is 11.7. The summed E-state index contributed by atoms with van der Waals surface area (Å²) in [6.07, 6.45) is 0.0641. The van der Waals surface area contributed by atoms with Crippen molar-refractivity contribution in [2.45, 2.75) is 19.6 Å². The quantitative estimate of drug-likeness (QED) is 0.818. The molecule has 0 spiro atoms. The number of nitrogens with zero attached hydrogens (tertiary/aromatic N) is 2. The van der Waals surface area contributed by atoms with E-state index in [1.54, 1.807) is 10.9 Å². The average Bonchev–Trinajstić information content (AvgIpc) is 2.75. The third-order valence-electron chi connectivity index (χ3n) is 2.15. The number of para-hydroxylation sites is 1. The Morgan fingerprint density at radius 3 is 2.65 bits per heavy atom. The maximum Gasteiger partial charge on any atom is 0.353 e. The van der Waals surface area contributed by atoms with E-state index >= 15 is 0 Å². The zero-order chi connectivity index (χ0) is 12.3. The Hall–Kier alpha value is -1.75. The second-order valence-corrected chi connectivity index (χ2v) is 3.73. The molecule has 0 bridgehead atoms. The van der Waals surface area contributed by atoms with Crippen molar-refractivity contribution in [1.82, 2.24) is 9.78 Å². The number of rotatable bonds is 4. The fourth-order valence-electron chi connectivity index (χ4n) is 1.37. The molecule has 0 saturated carbocycles. The zero-order valence-electron chi connectivity index (χ0n) is 9.31. The molecule has 0 N–H and O–H groups in total. The van der Waals surface area contributed by atoms with E-state index in [2.05, 4.69) is 9.84 Å². The average molecular weight is 238 g/mol. The van der Waals surface area contributed by atoms with E-state index < -0.39 is 6.11 Å². The lowest BCUT2D eigenvalue weighted by atomic mass is 10.3. The van der Waals surface area contributed by atoms with Gasteiger partial charge < -0.3 is 4.74 Å². The molecule has 0 aliphatic heterocycles. The van der Waals surface area contributed by atoms with Crippen molar-refractivity contribution in [3.63, 3.8) is 0 Å². The standard InChI is InChI=1S/C12H12F2N2O/c1-12(13,14)17-9-10-7-15-16(8-10)11-5-3-2-4-6-11/h2-8H,9H2,1H3. The predicted octanol–water partition coefficient (Wildman–Crippen LogP) is 3.00. The van der Waals surface area contributed by atoms with Crippen LogP contribution in [0.3, 0.4) is 0 Å². The molecule has 1 aromatic heterocycles. The summed E-state index contributed by atoms with van der Waals surface area (Å²) >= 11 is 0. The molecular formula is C12H12F2N2O. The molecule has 2 aromatic rings. The van der Waals surface area contributed by atoms with E-state index in [-0.39, 0.29) is 6.61 Å². The molecule has 3 nitrogen and oxygen atoms in total. The van der Waals surface area contributed by atoms with Crippen molar-refractivity contribution in [3.8, 4) is 5.69 Å². The fraction of sp³-hybridized carbons (Fsp3) is 0.250. The maximum absolute atomic E-state index is 12.5. The van der Waals surface area contributed by atoms with Gasteiger partial charge >= 0.3 is 6.11 Å². The molecule has 0 aliphatic rings. The molecule has 0 unspecified atom stereocenters. The lowest BCUT2D eigenvalue weighted by molar-refractivity contribution is -0.231. The smallest absolute Gasteiger partial charge is 0.316 e. The van der Waals surface area contributed by atoms with Crippen molar-refractivity contribution in [2.24, 2.45) is 0 Å². The van der Waals surface area contributed by atoms with Crippen LogP contribution in [0.4, 0.5) is 8.78 Å². The van der Waals surface area contributed by atoms with Crippen LogP contribution in [0.25, 0.3) is 5.69 Å². The zero-order valence-corrected chi connectivity index (χ0v) is 9.31. The van der Waals surface area contributed by atoms with Gasteiger partial charge in [0, 0.05) is 18.7 Å². The molecule has 0 radical (unpaired) electrons. The Morgan fingerprint density at radius 1 is 1.29 bits per heavy atom. The Balaban J connectivity index is 2.07. The first kappa shape index (κ1) is 11.7. The highest BCUT2D eigenvalue weighted by Gasteiger charge is 2.21. The third kappa shape index (κ3) is 3.35. The van der Waals surface area contributed by atoms with Gasteiger partial charge in [0.05, 0.1) is 18.5 Å². The molecule has 0 amide bonds. The summed E-state index contributed by atoms with van der Waals surface area (Å²) in [5.74, 6) is 0. The van der Waals surface area contributed by atoms with Gasteiger partial charge in [-0.2, -0.15) is 13.9 Å². The molecule has 5 heteroatoms. The lowest BCUT2D eigenvalue weighted by Crippen LogP contribution is -2.14. The van der Waals surface area contributed by atoms with Crippen LogP contribution in [0.1, 0.15) is 12.5 Å². The summed E-state index contributed by atoms with van der Waals surface area (Å²) in [6.45, 7) is 0.560. The molecule has 0 saturated heterocycles. The van der Waals surface area contributed by atoms with Gasteiger partial charge in [0.25, 0.3) is 0 Å². The molecule has 0 aliphatic carbocycles. The van der Waals surface area contributed by atoms with Crippen LogP contribution in [0.15, 0.2) is 42.7 Å². The minimum Gasteiger partial charge on any atom is -0.316 e. The summed E-state index contributed by atoms with van der Waals surface area (Å²) in [5, 5.41) is 4.08. The summed E-state index contributed by atoms with van der Waals surface area (Å²) in [7, 11) is 0. The highest BCUT2D eigenvalue weighted by atomic mass is 19.3. The minimum atomic E-state index is -3.12. The van der Waals surface area contributed by atoms with E-state index in [0.29, 0.717) is 12.5 Å². The molecule has 0 fully saturated rings. The predicted molar refractivity (Wildman–Crippen MR) is 59.0 cm³/mol. The Morgan fingerprint density at radius 2 is 2.00 bits per heavy atom. The van der Waals surface area contributed by atoms with Crippen LogP contribution in [-0.4, -0.2) is 15.9 Å². The molecule has 2 rings (SSSR count). The third-order valence-corrected chi connectivity index (χ3v) is 2.15. The number of hydrogen-bond donors (Lipinski definition) is 0. The topological polar surface area (TPSA) is 27.1 Å². The molecule has 1 aromatic carbocycles. The van der Waals surface area contributed by atoms with E-state index in [1.807, 2.05) is 30.3 Å². The van der Waals surface area contributed by atoms with Crippen molar-refractivity contribution in [2.75, 3.05) is 0 Å². The summed E-state index contributed by atoms with van der Waals surface area (Å²) < 4.78 is 31.0. The second kappa shape index (κ2) is 4.63. The van der Waals surface area contributed by atoms with E-state index in [9.17, 15) is 8.78 Å². The summed E-state index contributed by atoms with van der Waals surface area (Å²) in [6, 6.07) is 9.42. The van der Waals surface area contributed by atoms with E-state index in [4.69, 9.17) is 0 Å². The van der Waals surface area contributed by atoms with Gasteiger partial charge in [-0.3, -0.25) is 0 Å². The van der Waals surface area contributed by atoms with Crippen LogP contribution in [0.5, 0.6) is 0 Å². The van der Waals surface area contributed by atoms with Crippen LogP contribution in [0, 0.1) is 0 Å². The van der Waals surface area contributed by atoms with Crippen molar-refractivity contribution in [1.29, 1.82) is 0 Å². The number of benzene rings is 1. The van der Waals surface area contributed by atoms with E-state index in [1.165, 1.54) is 6.20 Å². The SMILES string of the molecule is CC(F)(F)OCc1cnn(-c2ccccc2)c1. The maximum atomic E-state index is 12.5. The molecule has 0 atom stereocenters. The largest absolute Gasteiger partial charge is 0.353 e. The fourth-order valence-corrected chi connectivity index (χ4v) is 1.37. The Bertz CT molecular complexity index is 477. The first-order valence-electron chi connectivity index (χ1n) is 5.15. The van der Waals surface area contributed by atoms with Crippen LogP contribution in [-0.2, 0) is 11.3 Å². The number of hydrogen-bond acceptors (Lipinski definition) is 2. The molecular weight excluding hydrogens is 226 g/mol. The van der Waals surface area contributed by atoms with Crippen molar-refractivity contribution in [3.05, 3.63) is 48.3 Å². The van der Waals surface area contributed by atoms with Gasteiger partial charge in [0.2, 0.25) is 0 Å². The van der Waals surface area contributed by atoms with Gasteiger partial charge in [-0.25, -0.2) is 4.68 Å². The van der Waals surface area contributed by atoms with Crippen LogP contribution in [0.2, 0.25) is 0 Å². The molecule has 1 heterocycles. The van der Waals surface area contributed by atoms with Crippen LogP contribution >= 0.6 is 0 Å². The van der Waals surface area contributed by atoms with Gasteiger partial charge in [0.1, 0.15) is 0 Å². The Kier molecular flexibility index (Phi) is 3.19. The summed E-state index contributed by atoms with van der Waals surface area (Å²) in [5.41, 5.74) is 1.48. The van der Waals surface area contributed by atoms with Gasteiger partial charge in [-0.15, -0.1) is 0 Å². The lowest BCUT2D eigenvalue weighted by Gasteiger charge is -2.09. The summed E-state index contributed by atoms with van der Waals surface area (Å²) in [4.78, 5) is 0. The minimum absolute atomic E-state index is 0.156. The molecule has 90 valence electrons. The molecule has 17 heavy (non-hydrogen) atoms. The first-order valence-corrected chi connectivity index (χ1v) is 5.15. The number of ether oxygens (including phenoxy) is 1.